The Hall–Kier alpha value is -0.180. The van der Waals surface area contributed by atoms with Gasteiger partial charge in [0.1, 0.15) is 4.75 Å². The van der Waals surface area contributed by atoms with E-state index in [1.807, 2.05) is 0 Å². The third kappa shape index (κ3) is 2.49. The number of thioether (sulfide) groups is 1. The van der Waals surface area contributed by atoms with Crippen molar-refractivity contribution in [2.75, 3.05) is 0 Å². The number of aliphatic carboxylic acids is 1. The van der Waals surface area contributed by atoms with Crippen LogP contribution in [-0.2, 0) is 4.79 Å². The van der Waals surface area contributed by atoms with Crippen LogP contribution in [0.1, 0.15) is 57.8 Å². The fourth-order valence-corrected chi connectivity index (χ4v) is 4.66. The molecule has 2 rings (SSSR count). The molecule has 0 bridgehead atoms. The number of carboxylic acids is 1. The molecular weight excluding hydrogens is 208 g/mol. The van der Waals surface area contributed by atoms with E-state index in [0.29, 0.717) is 5.25 Å². The maximum absolute atomic E-state index is 11.4. The molecule has 0 unspecified atom stereocenters. The van der Waals surface area contributed by atoms with Crippen LogP contribution in [0.25, 0.3) is 0 Å². The first kappa shape index (κ1) is 11.3. The average Bonchev–Trinajstić information content (AvgIpc) is 2.69. The van der Waals surface area contributed by atoms with Gasteiger partial charge in [0.05, 0.1) is 0 Å². The highest BCUT2D eigenvalue weighted by atomic mass is 32.2. The Morgan fingerprint density at radius 3 is 2.20 bits per heavy atom. The molecule has 0 spiro atoms. The summed E-state index contributed by atoms with van der Waals surface area (Å²) in [7, 11) is 0. The Kier molecular flexibility index (Phi) is 3.60. The number of hydrogen-bond acceptors (Lipinski definition) is 2. The Morgan fingerprint density at radius 2 is 1.67 bits per heavy atom. The van der Waals surface area contributed by atoms with Gasteiger partial charge in [-0.3, -0.25) is 4.79 Å². The summed E-state index contributed by atoms with van der Waals surface area (Å²) < 4.78 is -0.415. The topological polar surface area (TPSA) is 37.3 Å². The summed E-state index contributed by atoms with van der Waals surface area (Å²) in [6, 6.07) is 0. The first-order valence-corrected chi connectivity index (χ1v) is 7.02. The standard InChI is InChI=1S/C12H20O2S/c13-11(14)12(8-4-5-9-12)15-10-6-2-1-3-7-10/h10H,1-9H2,(H,13,14). The molecule has 3 heteroatoms. The zero-order valence-corrected chi connectivity index (χ0v) is 10.0. The molecule has 0 aromatic rings. The largest absolute Gasteiger partial charge is 0.480 e. The molecule has 2 nitrogen and oxygen atoms in total. The van der Waals surface area contributed by atoms with E-state index in [-0.39, 0.29) is 0 Å². The van der Waals surface area contributed by atoms with Crippen molar-refractivity contribution in [1.29, 1.82) is 0 Å². The first-order valence-electron chi connectivity index (χ1n) is 6.14. The van der Waals surface area contributed by atoms with Crippen LogP contribution in [0.4, 0.5) is 0 Å². The molecule has 0 heterocycles. The van der Waals surface area contributed by atoms with E-state index < -0.39 is 10.7 Å². The van der Waals surface area contributed by atoms with E-state index in [4.69, 9.17) is 0 Å². The van der Waals surface area contributed by atoms with Crippen LogP contribution in [0.15, 0.2) is 0 Å². The number of hydrogen-bond donors (Lipinski definition) is 1. The summed E-state index contributed by atoms with van der Waals surface area (Å²) in [6.07, 6.45) is 10.4. The van der Waals surface area contributed by atoms with Crippen LogP contribution in [0.3, 0.4) is 0 Å². The zero-order chi connectivity index (χ0) is 10.7. The lowest BCUT2D eigenvalue weighted by Crippen LogP contribution is -2.34. The van der Waals surface area contributed by atoms with Gasteiger partial charge in [-0.1, -0.05) is 32.1 Å². The highest BCUT2D eigenvalue weighted by molar-refractivity contribution is 8.02. The Labute approximate surface area is 95.8 Å². The van der Waals surface area contributed by atoms with Gasteiger partial charge in [0.2, 0.25) is 0 Å². The lowest BCUT2D eigenvalue weighted by molar-refractivity contribution is -0.139. The molecule has 86 valence electrons. The lowest BCUT2D eigenvalue weighted by Gasteiger charge is -2.30. The monoisotopic (exact) mass is 228 g/mol. The number of rotatable bonds is 3. The molecule has 0 radical (unpaired) electrons. The molecule has 0 atom stereocenters. The van der Waals surface area contributed by atoms with Crippen molar-refractivity contribution in [1.82, 2.24) is 0 Å². The van der Waals surface area contributed by atoms with Crippen LogP contribution < -0.4 is 0 Å². The second kappa shape index (κ2) is 4.77. The van der Waals surface area contributed by atoms with E-state index in [9.17, 15) is 9.90 Å². The minimum absolute atomic E-state index is 0.415. The van der Waals surface area contributed by atoms with E-state index in [0.717, 1.165) is 25.7 Å². The van der Waals surface area contributed by atoms with Crippen LogP contribution in [0.2, 0.25) is 0 Å². The quantitative estimate of drug-likeness (QED) is 0.804. The molecule has 2 aliphatic rings. The van der Waals surface area contributed by atoms with Crippen LogP contribution >= 0.6 is 11.8 Å². The van der Waals surface area contributed by atoms with Crippen molar-refractivity contribution in [3.63, 3.8) is 0 Å². The summed E-state index contributed by atoms with van der Waals surface area (Å²) in [5, 5.41) is 9.99. The molecule has 0 aromatic carbocycles. The lowest BCUT2D eigenvalue weighted by atomic mass is 10.0. The molecule has 0 aromatic heterocycles. The minimum Gasteiger partial charge on any atom is -0.480 e. The van der Waals surface area contributed by atoms with Gasteiger partial charge < -0.3 is 5.11 Å². The minimum atomic E-state index is -0.560. The fourth-order valence-electron chi connectivity index (χ4n) is 2.83. The van der Waals surface area contributed by atoms with Gasteiger partial charge in [0.15, 0.2) is 0 Å². The van der Waals surface area contributed by atoms with Gasteiger partial charge in [-0.15, -0.1) is 11.8 Å². The molecule has 2 saturated carbocycles. The predicted octanol–water partition coefficient (Wildman–Crippen LogP) is 3.45. The van der Waals surface area contributed by atoms with Gasteiger partial charge in [-0.25, -0.2) is 0 Å². The van der Waals surface area contributed by atoms with E-state index >= 15 is 0 Å². The zero-order valence-electron chi connectivity index (χ0n) is 9.21. The summed E-state index contributed by atoms with van der Waals surface area (Å²) >= 11 is 1.78. The summed E-state index contributed by atoms with van der Waals surface area (Å²) in [4.78, 5) is 11.4. The smallest absolute Gasteiger partial charge is 0.319 e. The van der Waals surface area contributed by atoms with Crippen molar-refractivity contribution in [3.05, 3.63) is 0 Å². The van der Waals surface area contributed by atoms with Gasteiger partial charge in [-0.05, 0) is 25.7 Å². The Bertz CT molecular complexity index is 228. The van der Waals surface area contributed by atoms with Crippen molar-refractivity contribution in [2.24, 2.45) is 0 Å². The summed E-state index contributed by atoms with van der Waals surface area (Å²) in [6.45, 7) is 0. The Balaban J connectivity index is 1.96. The van der Waals surface area contributed by atoms with Gasteiger partial charge in [0.25, 0.3) is 0 Å². The van der Waals surface area contributed by atoms with Crippen molar-refractivity contribution in [2.45, 2.75) is 67.8 Å². The Morgan fingerprint density at radius 1 is 1.07 bits per heavy atom. The third-order valence-corrected chi connectivity index (χ3v) is 5.58. The van der Waals surface area contributed by atoms with Gasteiger partial charge in [0, 0.05) is 5.25 Å². The van der Waals surface area contributed by atoms with E-state index in [1.54, 1.807) is 11.8 Å². The predicted molar refractivity (Wildman–Crippen MR) is 63.3 cm³/mol. The molecule has 2 aliphatic carbocycles. The van der Waals surface area contributed by atoms with Crippen molar-refractivity contribution >= 4 is 17.7 Å². The second-order valence-corrected chi connectivity index (χ2v) is 6.57. The first-order chi connectivity index (χ1) is 7.23. The van der Waals surface area contributed by atoms with Gasteiger partial charge in [-0.2, -0.15) is 0 Å². The highest BCUT2D eigenvalue weighted by Gasteiger charge is 2.43. The molecule has 0 saturated heterocycles. The fraction of sp³-hybridized carbons (Fsp3) is 0.917. The summed E-state index contributed by atoms with van der Waals surface area (Å²) in [5.74, 6) is -0.560. The summed E-state index contributed by atoms with van der Waals surface area (Å²) in [5.41, 5.74) is 0. The maximum Gasteiger partial charge on any atom is 0.319 e. The molecular formula is C12H20O2S. The van der Waals surface area contributed by atoms with Crippen molar-refractivity contribution in [3.8, 4) is 0 Å². The molecule has 0 amide bonds. The number of carbonyl (C=O) groups is 1. The number of carboxylic acid groups (broad SMARTS) is 1. The van der Waals surface area contributed by atoms with E-state index in [2.05, 4.69) is 0 Å². The SMILES string of the molecule is O=C(O)C1(SC2CCCCC2)CCCC1. The highest BCUT2D eigenvalue weighted by Crippen LogP contribution is 2.46. The maximum atomic E-state index is 11.4. The molecule has 0 aliphatic heterocycles. The van der Waals surface area contributed by atoms with E-state index in [1.165, 1.54) is 32.1 Å². The molecule has 1 N–H and O–H groups in total. The average molecular weight is 228 g/mol. The van der Waals surface area contributed by atoms with Crippen LogP contribution in [0.5, 0.6) is 0 Å². The van der Waals surface area contributed by atoms with Crippen molar-refractivity contribution < 1.29 is 9.90 Å². The molecule has 2 fully saturated rings. The molecule has 15 heavy (non-hydrogen) atoms. The third-order valence-electron chi connectivity index (χ3n) is 3.75. The van der Waals surface area contributed by atoms with Crippen LogP contribution in [-0.4, -0.2) is 21.1 Å². The second-order valence-electron chi connectivity index (χ2n) is 4.88. The van der Waals surface area contributed by atoms with Gasteiger partial charge >= 0.3 is 5.97 Å². The normalized spacial score (nSPS) is 26.7. The van der Waals surface area contributed by atoms with Crippen LogP contribution in [0, 0.1) is 0 Å².